The lowest BCUT2D eigenvalue weighted by atomic mass is 9.87. The molecule has 1 unspecified atom stereocenters. The van der Waals surface area contributed by atoms with Crippen molar-refractivity contribution >= 4 is 11.7 Å². The quantitative estimate of drug-likeness (QED) is 0.641. The van der Waals surface area contributed by atoms with Crippen LogP contribution in [-0.2, 0) is 11.3 Å². The third-order valence-corrected chi connectivity index (χ3v) is 4.62. The van der Waals surface area contributed by atoms with Crippen molar-refractivity contribution < 1.29 is 9.53 Å². The van der Waals surface area contributed by atoms with Crippen molar-refractivity contribution in [3.63, 3.8) is 0 Å². The Kier molecular flexibility index (Phi) is 4.68. The number of benzene rings is 1. The van der Waals surface area contributed by atoms with Crippen molar-refractivity contribution in [3.8, 4) is 5.75 Å². The average molecular weight is 351 g/mol. The van der Waals surface area contributed by atoms with E-state index >= 15 is 0 Å². The Labute approximate surface area is 151 Å². The van der Waals surface area contributed by atoms with Crippen LogP contribution in [-0.4, -0.2) is 32.3 Å². The second kappa shape index (κ2) is 7.43. The lowest BCUT2D eigenvalue weighted by molar-refractivity contribution is -0.116. The summed E-state index contributed by atoms with van der Waals surface area (Å²) in [5, 5.41) is 9.74. The van der Waals surface area contributed by atoms with Crippen LogP contribution in [0.25, 0.3) is 0 Å². The number of unbranched alkanes of at least 4 members (excludes halogenated alkanes) is 1. The van der Waals surface area contributed by atoms with Crippen LogP contribution < -0.4 is 10.1 Å². The number of hydrogen-bond acceptors (Lipinski definition) is 4. The molecule has 4 rings (SSSR count). The van der Waals surface area contributed by atoms with Crippen molar-refractivity contribution in [2.75, 3.05) is 11.9 Å². The molecule has 0 aliphatic carbocycles. The molecular weight excluding hydrogens is 330 g/mol. The number of anilines is 1. The summed E-state index contributed by atoms with van der Waals surface area (Å²) in [5.41, 5.74) is 2.03. The first-order valence-electron chi connectivity index (χ1n) is 8.82. The fraction of sp³-hybridized carbons (Fsp3) is 0.316. The molecule has 0 saturated carbocycles. The molecule has 26 heavy (non-hydrogen) atoms. The molecule has 1 aromatic carbocycles. The second-order valence-corrected chi connectivity index (χ2v) is 6.40. The number of para-hydroxylation sites is 1. The maximum atomic E-state index is 12.0. The standard InChI is InChI=1S/C19H21N5O2/c25-18-11-15(16-12-21-23-19(16)22-18)14-5-1-2-6-17(14)26-10-4-3-8-24-9-7-20-13-24/h1-2,5-7,9,12-13,15H,3-4,8,10-11H2,(H2,21,22,23,25). The van der Waals surface area contributed by atoms with Crippen LogP contribution in [0, 0.1) is 0 Å². The van der Waals surface area contributed by atoms with Crippen LogP contribution in [0.15, 0.2) is 49.2 Å². The number of imidazole rings is 1. The lowest BCUT2D eigenvalue weighted by Gasteiger charge is -2.24. The molecule has 7 heteroatoms. The number of rotatable bonds is 7. The van der Waals surface area contributed by atoms with Crippen LogP contribution in [0.2, 0.25) is 0 Å². The van der Waals surface area contributed by atoms with Crippen LogP contribution in [0.5, 0.6) is 5.75 Å². The van der Waals surface area contributed by atoms with Crippen LogP contribution in [0.3, 0.4) is 0 Å². The average Bonchev–Trinajstić information content (AvgIpc) is 3.32. The van der Waals surface area contributed by atoms with Crippen molar-refractivity contribution in [1.29, 1.82) is 0 Å². The molecule has 0 saturated heterocycles. The van der Waals surface area contributed by atoms with Gasteiger partial charge < -0.3 is 14.6 Å². The van der Waals surface area contributed by atoms with E-state index < -0.39 is 0 Å². The van der Waals surface area contributed by atoms with Gasteiger partial charge in [-0.2, -0.15) is 5.10 Å². The number of nitrogens with one attached hydrogen (secondary N) is 2. The Hall–Kier alpha value is -3.09. The number of carbonyl (C=O) groups is 1. The highest BCUT2D eigenvalue weighted by atomic mass is 16.5. The first-order chi connectivity index (χ1) is 12.8. The minimum absolute atomic E-state index is 0.0121. The Morgan fingerprint density at radius 3 is 3.04 bits per heavy atom. The molecule has 1 amide bonds. The molecule has 0 bridgehead atoms. The number of hydrogen-bond donors (Lipinski definition) is 2. The maximum Gasteiger partial charge on any atom is 0.226 e. The van der Waals surface area contributed by atoms with Gasteiger partial charge in [-0.25, -0.2) is 4.98 Å². The Morgan fingerprint density at radius 2 is 2.15 bits per heavy atom. The normalized spacial score (nSPS) is 16.2. The third-order valence-electron chi connectivity index (χ3n) is 4.62. The van der Waals surface area contributed by atoms with E-state index in [0.29, 0.717) is 18.8 Å². The number of ether oxygens (including phenoxy) is 1. The van der Waals surface area contributed by atoms with E-state index in [1.165, 1.54) is 0 Å². The highest BCUT2D eigenvalue weighted by Gasteiger charge is 2.29. The summed E-state index contributed by atoms with van der Waals surface area (Å²) in [6.45, 7) is 1.58. The van der Waals surface area contributed by atoms with E-state index in [4.69, 9.17) is 4.74 Å². The Bertz CT molecular complexity index is 872. The highest BCUT2D eigenvalue weighted by Crippen LogP contribution is 2.39. The van der Waals surface area contributed by atoms with Gasteiger partial charge in [-0.1, -0.05) is 18.2 Å². The van der Waals surface area contributed by atoms with Gasteiger partial charge >= 0.3 is 0 Å². The topological polar surface area (TPSA) is 84.8 Å². The smallest absolute Gasteiger partial charge is 0.226 e. The largest absolute Gasteiger partial charge is 0.493 e. The predicted molar refractivity (Wildman–Crippen MR) is 97.1 cm³/mol. The summed E-state index contributed by atoms with van der Waals surface area (Å²) in [7, 11) is 0. The molecule has 2 aromatic heterocycles. The lowest BCUT2D eigenvalue weighted by Crippen LogP contribution is -2.23. The fourth-order valence-electron chi connectivity index (χ4n) is 3.32. The molecule has 0 radical (unpaired) electrons. The van der Waals surface area contributed by atoms with Gasteiger partial charge in [0.15, 0.2) is 0 Å². The number of nitrogens with zero attached hydrogens (tertiary/aromatic N) is 3. The molecule has 1 aliphatic rings. The first kappa shape index (κ1) is 16.4. The molecule has 3 aromatic rings. The van der Waals surface area contributed by atoms with Crippen LogP contribution in [0.4, 0.5) is 5.82 Å². The molecule has 1 atom stereocenters. The summed E-state index contributed by atoms with van der Waals surface area (Å²) in [6, 6.07) is 7.94. The van der Waals surface area contributed by atoms with Crippen molar-refractivity contribution in [2.45, 2.75) is 31.7 Å². The van der Waals surface area contributed by atoms with Crippen LogP contribution in [0.1, 0.15) is 36.3 Å². The number of aromatic amines is 1. The number of fused-ring (bicyclic) bond motifs is 1. The molecule has 7 nitrogen and oxygen atoms in total. The number of aromatic nitrogens is 4. The summed E-state index contributed by atoms with van der Waals surface area (Å²) in [5.74, 6) is 1.46. The van der Waals surface area contributed by atoms with Crippen molar-refractivity contribution in [1.82, 2.24) is 19.7 Å². The number of aryl methyl sites for hydroxylation is 1. The molecule has 134 valence electrons. The molecule has 3 heterocycles. The molecular formula is C19H21N5O2. The van der Waals surface area contributed by atoms with Gasteiger partial charge in [0.2, 0.25) is 5.91 Å². The minimum Gasteiger partial charge on any atom is -0.493 e. The van der Waals surface area contributed by atoms with E-state index in [9.17, 15) is 4.79 Å². The van der Waals surface area contributed by atoms with E-state index in [-0.39, 0.29) is 11.8 Å². The summed E-state index contributed by atoms with van der Waals surface area (Å²) in [6.07, 6.45) is 9.73. The van der Waals surface area contributed by atoms with Crippen LogP contribution >= 0.6 is 0 Å². The molecule has 2 N–H and O–H groups in total. The fourth-order valence-corrected chi connectivity index (χ4v) is 3.32. The number of carbonyl (C=O) groups excluding carboxylic acids is 1. The second-order valence-electron chi connectivity index (χ2n) is 6.40. The van der Waals surface area contributed by atoms with Gasteiger partial charge in [0.25, 0.3) is 0 Å². The molecule has 1 aliphatic heterocycles. The van der Waals surface area contributed by atoms with E-state index in [1.807, 2.05) is 36.8 Å². The molecule has 0 spiro atoms. The zero-order chi connectivity index (χ0) is 17.8. The van der Waals surface area contributed by atoms with E-state index in [1.54, 1.807) is 12.4 Å². The predicted octanol–water partition coefficient (Wildman–Crippen LogP) is 2.94. The van der Waals surface area contributed by atoms with Gasteiger partial charge in [0.05, 0.1) is 19.1 Å². The highest BCUT2D eigenvalue weighted by molar-refractivity contribution is 5.94. The number of amides is 1. The summed E-state index contributed by atoms with van der Waals surface area (Å²) in [4.78, 5) is 16.1. The van der Waals surface area contributed by atoms with Gasteiger partial charge in [0, 0.05) is 42.4 Å². The maximum absolute atomic E-state index is 12.0. The first-order valence-corrected chi connectivity index (χ1v) is 8.82. The minimum atomic E-state index is -0.0420. The van der Waals surface area contributed by atoms with E-state index in [0.717, 1.165) is 36.3 Å². The summed E-state index contributed by atoms with van der Waals surface area (Å²) < 4.78 is 8.11. The zero-order valence-electron chi connectivity index (χ0n) is 14.4. The summed E-state index contributed by atoms with van der Waals surface area (Å²) >= 11 is 0. The monoisotopic (exact) mass is 351 g/mol. The Balaban J connectivity index is 1.42. The zero-order valence-corrected chi connectivity index (χ0v) is 14.4. The van der Waals surface area contributed by atoms with Crippen molar-refractivity contribution in [3.05, 3.63) is 60.3 Å². The molecule has 0 fully saturated rings. The van der Waals surface area contributed by atoms with Gasteiger partial charge in [-0.3, -0.25) is 9.89 Å². The van der Waals surface area contributed by atoms with Gasteiger partial charge in [-0.15, -0.1) is 0 Å². The Morgan fingerprint density at radius 1 is 1.23 bits per heavy atom. The van der Waals surface area contributed by atoms with Gasteiger partial charge in [0.1, 0.15) is 11.6 Å². The third kappa shape index (κ3) is 3.46. The SMILES string of the molecule is O=C1CC(c2ccccc2OCCCCn2ccnc2)c2cn[nH]c2N1. The van der Waals surface area contributed by atoms with E-state index in [2.05, 4.69) is 25.1 Å². The number of H-pyrrole nitrogens is 1. The van der Waals surface area contributed by atoms with Gasteiger partial charge in [-0.05, 0) is 18.9 Å². The van der Waals surface area contributed by atoms with Crippen molar-refractivity contribution in [2.24, 2.45) is 0 Å².